The predicted molar refractivity (Wildman–Crippen MR) is 42.4 cm³/mol. The molecule has 0 bridgehead atoms. The summed E-state index contributed by atoms with van der Waals surface area (Å²) in [6.45, 7) is 0. The van der Waals surface area contributed by atoms with Gasteiger partial charge in [0.25, 0.3) is 12.3 Å². The maximum Gasteiger partial charge on any atom is 0.278 e. The average Bonchev–Trinajstić information content (AvgIpc) is 2.12. The summed E-state index contributed by atoms with van der Waals surface area (Å²) in [5.74, 6) is -1.93. The largest absolute Gasteiger partial charge is 0.366 e. The Balaban J connectivity index is 4.80. The lowest BCUT2D eigenvalue weighted by atomic mass is 10.4. The normalized spacial score (nSPS) is 11.0. The van der Waals surface area contributed by atoms with Crippen molar-refractivity contribution in [1.29, 1.82) is 0 Å². The van der Waals surface area contributed by atoms with E-state index in [1.807, 2.05) is 0 Å². The summed E-state index contributed by atoms with van der Waals surface area (Å²) < 4.78 is 0. The summed E-state index contributed by atoms with van der Waals surface area (Å²) >= 11 is 0. The molecule has 0 spiro atoms. The molecule has 0 rings (SSSR count). The van der Waals surface area contributed by atoms with Crippen LogP contribution in [-0.2, 0) is 19.2 Å². The molecule has 3 N–H and O–H groups in total. The molecule has 4 amide bonds. The first-order valence-electron chi connectivity index (χ1n) is 3.22. The number of hydrogen-bond acceptors (Lipinski definition) is 5. The van der Waals surface area contributed by atoms with Crippen LogP contribution >= 0.6 is 0 Å². The number of carbonyl (C=O) groups excluding carboxylic acids is 4. The first kappa shape index (κ1) is 11.6. The first-order chi connectivity index (χ1) is 6.61. The van der Waals surface area contributed by atoms with E-state index < -0.39 is 17.5 Å². The number of azo groups is 1. The third-order valence-corrected chi connectivity index (χ3v) is 0.914. The topological polar surface area (TPSA) is 131 Å². The molecule has 0 aromatic rings. The number of nitrogens with one attached hydrogen (secondary N) is 1. The Kier molecular flexibility index (Phi) is 5.12. The van der Waals surface area contributed by atoms with Crippen LogP contribution < -0.4 is 11.1 Å². The van der Waals surface area contributed by atoms with Crippen molar-refractivity contribution in [3.05, 3.63) is 11.8 Å². The number of nitrogens with zero attached hydrogens (tertiary/aromatic N) is 2. The Morgan fingerprint density at radius 2 is 1.93 bits per heavy atom. The number of primary amides is 1. The van der Waals surface area contributed by atoms with E-state index in [1.54, 1.807) is 5.32 Å². The highest BCUT2D eigenvalue weighted by molar-refractivity contribution is 6.03. The van der Waals surface area contributed by atoms with Gasteiger partial charge in [0.2, 0.25) is 12.3 Å². The smallest absolute Gasteiger partial charge is 0.278 e. The number of hydrogen-bond donors (Lipinski definition) is 2. The lowest BCUT2D eigenvalue weighted by molar-refractivity contribution is -0.123. The zero-order valence-electron chi connectivity index (χ0n) is 6.84. The van der Waals surface area contributed by atoms with Gasteiger partial charge in [0.15, 0.2) is 5.70 Å². The SMILES string of the molecule is NC(=O)C=C(N=NC=O)C(=O)NC=O. The van der Waals surface area contributed by atoms with Crippen LogP contribution in [0.1, 0.15) is 0 Å². The van der Waals surface area contributed by atoms with Crippen molar-refractivity contribution >= 4 is 24.6 Å². The molecule has 0 radical (unpaired) electrons. The van der Waals surface area contributed by atoms with Crippen LogP contribution in [-0.4, -0.2) is 24.6 Å². The molecular formula is C6H6N4O4. The Bertz CT molecular complexity index is 320. The minimum atomic E-state index is -0.982. The summed E-state index contributed by atoms with van der Waals surface area (Å²) in [6.07, 6.45) is 0.780. The first-order valence-corrected chi connectivity index (χ1v) is 3.22. The standard InChI is InChI=1S/C6H6N4O4/c7-5(13)1-4(10-9-3-12)6(14)8-2-11/h1-3H,(H2,7,13)(H,8,11,14). The van der Waals surface area contributed by atoms with Crippen LogP contribution in [0.15, 0.2) is 22.0 Å². The van der Waals surface area contributed by atoms with Gasteiger partial charge < -0.3 is 5.73 Å². The number of rotatable bonds is 5. The molecular weight excluding hydrogens is 192 g/mol. The molecule has 0 atom stereocenters. The summed E-state index contributed by atoms with van der Waals surface area (Å²) in [5.41, 5.74) is 4.19. The summed E-state index contributed by atoms with van der Waals surface area (Å²) in [4.78, 5) is 40.9. The lowest BCUT2D eigenvalue weighted by Gasteiger charge is -1.94. The van der Waals surface area contributed by atoms with Gasteiger partial charge >= 0.3 is 0 Å². The third kappa shape index (κ3) is 4.49. The highest BCUT2D eigenvalue weighted by Gasteiger charge is 2.08. The molecule has 0 aliphatic heterocycles. The van der Waals surface area contributed by atoms with E-state index in [4.69, 9.17) is 5.73 Å². The van der Waals surface area contributed by atoms with E-state index in [9.17, 15) is 19.2 Å². The van der Waals surface area contributed by atoms with Gasteiger partial charge in [-0.2, -0.15) is 0 Å². The van der Waals surface area contributed by atoms with Crippen LogP contribution in [0.3, 0.4) is 0 Å². The molecule has 8 nitrogen and oxygen atoms in total. The highest BCUT2D eigenvalue weighted by Crippen LogP contribution is 1.96. The fraction of sp³-hybridized carbons (Fsp3) is 0. The fourth-order valence-corrected chi connectivity index (χ4v) is 0.488. The number of nitrogens with two attached hydrogens (primary N) is 1. The zero-order valence-corrected chi connectivity index (χ0v) is 6.84. The molecule has 0 aromatic heterocycles. The highest BCUT2D eigenvalue weighted by atomic mass is 16.2. The van der Waals surface area contributed by atoms with Crippen LogP contribution in [0.5, 0.6) is 0 Å². The van der Waals surface area contributed by atoms with Crippen LogP contribution in [0.25, 0.3) is 0 Å². The molecule has 0 unspecified atom stereocenters. The Morgan fingerprint density at radius 1 is 1.29 bits per heavy atom. The second kappa shape index (κ2) is 6.17. The van der Waals surface area contributed by atoms with Gasteiger partial charge in [-0.15, -0.1) is 10.2 Å². The maximum atomic E-state index is 10.9. The molecule has 0 fully saturated rings. The molecule has 0 aliphatic rings. The molecule has 0 saturated heterocycles. The van der Waals surface area contributed by atoms with Gasteiger partial charge in [0, 0.05) is 6.08 Å². The van der Waals surface area contributed by atoms with E-state index in [1.165, 1.54) is 0 Å². The molecule has 0 aliphatic carbocycles. The monoisotopic (exact) mass is 198 g/mol. The van der Waals surface area contributed by atoms with Gasteiger partial charge in [0.05, 0.1) is 0 Å². The van der Waals surface area contributed by atoms with Crippen LogP contribution in [0.2, 0.25) is 0 Å². The maximum absolute atomic E-state index is 10.9. The van der Waals surface area contributed by atoms with Crippen molar-refractivity contribution in [2.75, 3.05) is 0 Å². The summed E-state index contributed by atoms with van der Waals surface area (Å²) in [7, 11) is 0. The van der Waals surface area contributed by atoms with E-state index in [2.05, 4.69) is 10.2 Å². The Hall–Kier alpha value is -2.38. The summed E-state index contributed by atoms with van der Waals surface area (Å²) in [5, 5.41) is 7.56. The van der Waals surface area contributed by atoms with Crippen molar-refractivity contribution in [2.45, 2.75) is 0 Å². The van der Waals surface area contributed by atoms with Crippen molar-refractivity contribution in [3.63, 3.8) is 0 Å². The van der Waals surface area contributed by atoms with Crippen LogP contribution in [0.4, 0.5) is 0 Å². The number of imide groups is 1. The van der Waals surface area contributed by atoms with E-state index >= 15 is 0 Å². The van der Waals surface area contributed by atoms with Gasteiger partial charge in [-0.05, 0) is 0 Å². The van der Waals surface area contributed by atoms with Crippen molar-refractivity contribution < 1.29 is 19.2 Å². The molecule has 0 aromatic carbocycles. The zero-order chi connectivity index (χ0) is 11.0. The van der Waals surface area contributed by atoms with E-state index in [-0.39, 0.29) is 12.8 Å². The minimum Gasteiger partial charge on any atom is -0.366 e. The van der Waals surface area contributed by atoms with Crippen molar-refractivity contribution in [1.82, 2.24) is 5.32 Å². The Labute approximate surface area is 77.9 Å². The summed E-state index contributed by atoms with van der Waals surface area (Å²) in [6, 6.07) is 0. The van der Waals surface area contributed by atoms with E-state index in [0.717, 1.165) is 0 Å². The van der Waals surface area contributed by atoms with Gasteiger partial charge in [-0.1, -0.05) is 0 Å². The van der Waals surface area contributed by atoms with Crippen molar-refractivity contribution in [2.24, 2.45) is 16.0 Å². The van der Waals surface area contributed by atoms with E-state index in [0.29, 0.717) is 6.08 Å². The fourth-order valence-electron chi connectivity index (χ4n) is 0.488. The third-order valence-electron chi connectivity index (χ3n) is 0.914. The van der Waals surface area contributed by atoms with Gasteiger partial charge in [-0.3, -0.25) is 24.5 Å². The van der Waals surface area contributed by atoms with Gasteiger partial charge in [0.1, 0.15) is 0 Å². The molecule has 8 heteroatoms. The number of amides is 4. The second-order valence-electron chi connectivity index (χ2n) is 1.84. The predicted octanol–water partition coefficient (Wildman–Crippen LogP) is -1.76. The number of carbonyl (C=O) groups is 4. The van der Waals surface area contributed by atoms with Crippen molar-refractivity contribution in [3.8, 4) is 0 Å². The lowest BCUT2D eigenvalue weighted by Crippen LogP contribution is -2.23. The second-order valence-corrected chi connectivity index (χ2v) is 1.84. The van der Waals surface area contributed by atoms with Crippen LogP contribution in [0, 0.1) is 0 Å². The molecule has 0 heterocycles. The average molecular weight is 198 g/mol. The van der Waals surface area contributed by atoms with Gasteiger partial charge in [-0.25, -0.2) is 0 Å². The molecule has 0 saturated carbocycles. The minimum absolute atomic E-state index is 0.0586. The molecule has 14 heavy (non-hydrogen) atoms. The quantitative estimate of drug-likeness (QED) is 0.307. The Morgan fingerprint density at radius 3 is 2.36 bits per heavy atom. The molecule has 74 valence electrons.